The van der Waals surface area contributed by atoms with Crippen molar-refractivity contribution in [3.63, 3.8) is 0 Å². The van der Waals surface area contributed by atoms with Crippen LogP contribution < -0.4 is 4.74 Å². The Bertz CT molecular complexity index is 925. The number of para-hydroxylation sites is 1. The fourth-order valence-electron chi connectivity index (χ4n) is 3.40. The van der Waals surface area contributed by atoms with Crippen LogP contribution in [0.15, 0.2) is 24.3 Å². The van der Waals surface area contributed by atoms with Gasteiger partial charge in [0.25, 0.3) is 0 Å². The van der Waals surface area contributed by atoms with E-state index < -0.39 is 54.6 Å². The third-order valence-electron chi connectivity index (χ3n) is 4.70. The molecule has 1 aliphatic rings. The fourth-order valence-corrected chi connectivity index (χ4v) is 3.40. The van der Waals surface area contributed by atoms with Gasteiger partial charge in [-0.1, -0.05) is 19.1 Å². The van der Waals surface area contributed by atoms with Crippen LogP contribution in [0.3, 0.4) is 0 Å². The van der Waals surface area contributed by atoms with Crippen molar-refractivity contribution in [2.45, 2.75) is 71.7 Å². The number of carbonyl (C=O) groups excluding carboxylic acids is 5. The van der Waals surface area contributed by atoms with Gasteiger partial charge >= 0.3 is 23.9 Å². The van der Waals surface area contributed by atoms with Gasteiger partial charge < -0.3 is 28.4 Å². The lowest BCUT2D eigenvalue weighted by Gasteiger charge is -2.44. The normalized spacial score (nSPS) is 23.9. The molecule has 2 rings (SSSR count). The van der Waals surface area contributed by atoms with E-state index in [-0.39, 0.29) is 30.1 Å². The summed E-state index contributed by atoms with van der Waals surface area (Å²) in [6.45, 7) is 5.86. The first-order chi connectivity index (χ1) is 16.0. The quantitative estimate of drug-likeness (QED) is 0.290. The van der Waals surface area contributed by atoms with Gasteiger partial charge in [-0.15, -0.1) is 0 Å². The van der Waals surface area contributed by atoms with Crippen LogP contribution in [0.1, 0.15) is 51.4 Å². The highest BCUT2D eigenvalue weighted by molar-refractivity contribution is 5.98. The largest absolute Gasteiger partial charge is 0.463 e. The number of esters is 4. The Labute approximate surface area is 196 Å². The molecule has 0 N–H and O–H groups in total. The van der Waals surface area contributed by atoms with Crippen molar-refractivity contribution in [2.75, 3.05) is 6.61 Å². The van der Waals surface area contributed by atoms with E-state index in [0.717, 1.165) is 20.8 Å². The molecule has 0 saturated carbocycles. The van der Waals surface area contributed by atoms with Crippen LogP contribution in [-0.2, 0) is 42.9 Å². The molecule has 0 bridgehead atoms. The van der Waals surface area contributed by atoms with Gasteiger partial charge in [0.2, 0.25) is 12.4 Å². The standard InChI is InChI=1S/C23H28O11/c1-6-17(28)16-9-7-8-10-18(16)33-23-22(32-15(5)27)21(31-14(4)26)20(30-13(3)25)19(34-23)11-29-12(2)24/h7-10,19-23H,6,11H2,1-5H3/t19-,20-,21+,22-,23+/m1/s1. The van der Waals surface area contributed by atoms with Crippen LogP contribution in [0.5, 0.6) is 5.75 Å². The highest BCUT2D eigenvalue weighted by atomic mass is 16.7. The van der Waals surface area contributed by atoms with Crippen molar-refractivity contribution in [1.82, 2.24) is 0 Å². The summed E-state index contributed by atoms with van der Waals surface area (Å²) in [5.74, 6) is -2.95. The zero-order chi connectivity index (χ0) is 25.4. The maximum atomic E-state index is 12.4. The number of ether oxygens (including phenoxy) is 6. The molecule has 11 heteroatoms. The van der Waals surface area contributed by atoms with Crippen molar-refractivity contribution >= 4 is 29.7 Å². The Morgan fingerprint density at radius 2 is 1.35 bits per heavy atom. The number of hydrogen-bond acceptors (Lipinski definition) is 11. The first-order valence-electron chi connectivity index (χ1n) is 10.6. The molecule has 0 radical (unpaired) electrons. The van der Waals surface area contributed by atoms with E-state index in [1.54, 1.807) is 25.1 Å². The number of benzene rings is 1. The molecule has 34 heavy (non-hydrogen) atoms. The summed E-state index contributed by atoms with van der Waals surface area (Å²) >= 11 is 0. The van der Waals surface area contributed by atoms with E-state index in [2.05, 4.69) is 0 Å². The monoisotopic (exact) mass is 480 g/mol. The highest BCUT2D eigenvalue weighted by Gasteiger charge is 2.53. The van der Waals surface area contributed by atoms with Gasteiger partial charge in [-0.05, 0) is 12.1 Å². The number of carbonyl (C=O) groups is 5. The first-order valence-corrected chi connectivity index (χ1v) is 10.6. The van der Waals surface area contributed by atoms with Crippen molar-refractivity contribution < 1.29 is 52.4 Å². The zero-order valence-electron chi connectivity index (χ0n) is 19.6. The summed E-state index contributed by atoms with van der Waals surface area (Å²) in [7, 11) is 0. The van der Waals surface area contributed by atoms with Crippen LogP contribution in [0.2, 0.25) is 0 Å². The summed E-state index contributed by atoms with van der Waals surface area (Å²) in [4.78, 5) is 59.3. The SMILES string of the molecule is CCC(=O)c1ccccc1O[C@H]1O[C@H](COC(C)=O)[C@@H](OC(C)=O)[C@H](OC(C)=O)[C@H]1OC(C)=O. The fraction of sp³-hybridized carbons (Fsp3) is 0.522. The minimum Gasteiger partial charge on any atom is -0.463 e. The second-order valence-electron chi connectivity index (χ2n) is 7.46. The van der Waals surface area contributed by atoms with Gasteiger partial charge in [-0.25, -0.2) is 0 Å². The Balaban J connectivity index is 2.52. The minimum atomic E-state index is -1.41. The van der Waals surface area contributed by atoms with Crippen LogP contribution in [0.4, 0.5) is 0 Å². The van der Waals surface area contributed by atoms with Gasteiger partial charge in [0, 0.05) is 34.1 Å². The van der Waals surface area contributed by atoms with Crippen molar-refractivity contribution in [2.24, 2.45) is 0 Å². The second-order valence-corrected chi connectivity index (χ2v) is 7.46. The Morgan fingerprint density at radius 3 is 1.91 bits per heavy atom. The Morgan fingerprint density at radius 1 is 0.794 bits per heavy atom. The zero-order valence-corrected chi connectivity index (χ0v) is 19.6. The molecule has 1 aliphatic heterocycles. The molecule has 1 fully saturated rings. The van der Waals surface area contributed by atoms with Gasteiger partial charge in [0.15, 0.2) is 18.0 Å². The lowest BCUT2D eigenvalue weighted by atomic mass is 9.98. The average Bonchev–Trinajstić information content (AvgIpc) is 2.75. The molecule has 0 aliphatic carbocycles. The summed E-state index contributed by atoms with van der Waals surface area (Å²) < 4.78 is 32.9. The van der Waals surface area contributed by atoms with Crippen molar-refractivity contribution in [3.8, 4) is 5.75 Å². The summed E-state index contributed by atoms with van der Waals surface area (Å²) in [6, 6.07) is 6.37. The van der Waals surface area contributed by atoms with Crippen molar-refractivity contribution in [3.05, 3.63) is 29.8 Å². The van der Waals surface area contributed by atoms with Gasteiger partial charge in [0.05, 0.1) is 5.56 Å². The van der Waals surface area contributed by atoms with Gasteiger partial charge in [-0.3, -0.25) is 24.0 Å². The number of ketones is 1. The smallest absolute Gasteiger partial charge is 0.303 e. The summed E-state index contributed by atoms with van der Waals surface area (Å²) in [5, 5.41) is 0. The van der Waals surface area contributed by atoms with E-state index in [0.29, 0.717) is 0 Å². The first kappa shape index (κ1) is 26.8. The van der Waals surface area contributed by atoms with Gasteiger partial charge in [-0.2, -0.15) is 0 Å². The van der Waals surface area contributed by atoms with Crippen LogP contribution in [-0.4, -0.2) is 67.0 Å². The molecule has 1 saturated heterocycles. The summed E-state index contributed by atoms with van der Waals surface area (Å²) in [5.41, 5.74) is 0.262. The number of hydrogen-bond donors (Lipinski definition) is 0. The van der Waals surface area contributed by atoms with Crippen LogP contribution >= 0.6 is 0 Å². The molecule has 11 nitrogen and oxygen atoms in total. The average molecular weight is 480 g/mol. The van der Waals surface area contributed by atoms with E-state index in [9.17, 15) is 24.0 Å². The topological polar surface area (TPSA) is 141 Å². The van der Waals surface area contributed by atoms with E-state index >= 15 is 0 Å². The molecular formula is C23H28O11. The third-order valence-corrected chi connectivity index (χ3v) is 4.70. The predicted octanol–water partition coefficient (Wildman–Crippen LogP) is 1.74. The number of rotatable bonds is 9. The Kier molecular flexibility index (Phi) is 9.55. The molecule has 5 atom stereocenters. The maximum Gasteiger partial charge on any atom is 0.303 e. The van der Waals surface area contributed by atoms with Crippen LogP contribution in [0, 0.1) is 0 Å². The van der Waals surface area contributed by atoms with Crippen LogP contribution in [0.25, 0.3) is 0 Å². The molecule has 1 aromatic carbocycles. The molecule has 0 spiro atoms. The van der Waals surface area contributed by atoms with E-state index in [1.807, 2.05) is 0 Å². The third kappa shape index (κ3) is 7.27. The molecule has 1 aromatic rings. The lowest BCUT2D eigenvalue weighted by molar-refractivity contribution is -0.288. The molecule has 186 valence electrons. The molecule has 0 unspecified atom stereocenters. The molecule has 0 amide bonds. The minimum absolute atomic E-state index is 0.134. The molecular weight excluding hydrogens is 452 g/mol. The van der Waals surface area contributed by atoms with E-state index in [4.69, 9.17) is 28.4 Å². The lowest BCUT2D eigenvalue weighted by Crippen LogP contribution is -2.63. The number of Topliss-reactive ketones (excluding diaryl/α,β-unsaturated/α-hetero) is 1. The van der Waals surface area contributed by atoms with Crippen molar-refractivity contribution in [1.29, 1.82) is 0 Å². The predicted molar refractivity (Wildman–Crippen MR) is 114 cm³/mol. The molecule has 0 aromatic heterocycles. The van der Waals surface area contributed by atoms with Gasteiger partial charge in [0.1, 0.15) is 18.5 Å². The maximum absolute atomic E-state index is 12.4. The Hall–Kier alpha value is -3.47. The summed E-state index contributed by atoms with van der Waals surface area (Å²) in [6.07, 6.45) is -6.39. The second kappa shape index (κ2) is 12.1. The highest BCUT2D eigenvalue weighted by Crippen LogP contribution is 2.32. The van der Waals surface area contributed by atoms with E-state index in [1.165, 1.54) is 13.0 Å². The molecule has 1 heterocycles.